The first kappa shape index (κ1) is 41.4. The highest BCUT2D eigenvalue weighted by Gasteiger charge is 2.69. The third kappa shape index (κ3) is 9.98. The van der Waals surface area contributed by atoms with E-state index < -0.39 is 50.1 Å². The molecule has 9 heteroatoms. The van der Waals surface area contributed by atoms with Crippen LogP contribution in [0.3, 0.4) is 0 Å². The molecule has 0 N–H and O–H groups in total. The molecule has 1 amide bonds. The number of likely N-dealkylation sites (tertiary alicyclic amines) is 1. The Morgan fingerprint density at radius 3 is 2.29 bits per heavy atom. The number of Topliss-reactive ketones (excluding diaryl/α,β-unsaturated/α-hetero) is 4. The second kappa shape index (κ2) is 16.7. The highest BCUT2D eigenvalue weighted by Crippen LogP contribution is 2.65. The number of amides is 1. The van der Waals surface area contributed by atoms with E-state index in [1.54, 1.807) is 23.1 Å². The van der Waals surface area contributed by atoms with E-state index in [0.717, 1.165) is 24.8 Å². The summed E-state index contributed by atoms with van der Waals surface area (Å²) in [5.74, 6) is -0.966. The number of nitrogens with zero attached hydrogens (tertiary/aromatic N) is 1. The van der Waals surface area contributed by atoms with Crippen LogP contribution in [0.4, 0.5) is 0 Å². The molecule has 1 heterocycles. The number of piperidine rings is 1. The predicted octanol–water partition coefficient (Wildman–Crippen LogP) is 7.14. The lowest BCUT2D eigenvalue weighted by Crippen LogP contribution is -2.51. The van der Waals surface area contributed by atoms with Gasteiger partial charge in [-0.25, -0.2) is 8.42 Å². The van der Waals surface area contributed by atoms with Gasteiger partial charge in [0.1, 0.15) is 5.78 Å². The molecule has 1 aromatic carbocycles. The number of carbonyl (C=O) groups is 5. The molecule has 0 aromatic heterocycles. The summed E-state index contributed by atoms with van der Waals surface area (Å²) in [7, 11) is -3.51. The van der Waals surface area contributed by atoms with Crippen molar-refractivity contribution in [3.63, 3.8) is 0 Å². The number of benzene rings is 1. The Hall–Kier alpha value is -3.38. The SMILES string of the molecule is C#CCCC(CC(=O)[C@@H]1[C@@H]2C(CN1C(=O)[C@@H](CC(=O)CC1(CS(=O)(=O)Cc3ccccc3)CCCCC1)C(C)(C)C)C2(C)C)C(=O)C(=O)CCC=C. The first-order chi connectivity index (χ1) is 24.4. The van der Waals surface area contributed by atoms with Crippen molar-refractivity contribution < 1.29 is 32.4 Å². The van der Waals surface area contributed by atoms with Crippen molar-refractivity contribution in [2.75, 3.05) is 12.3 Å². The molecule has 284 valence electrons. The van der Waals surface area contributed by atoms with Crippen molar-refractivity contribution in [3.8, 4) is 12.3 Å². The zero-order chi connectivity index (χ0) is 38.5. The van der Waals surface area contributed by atoms with Gasteiger partial charge >= 0.3 is 0 Å². The van der Waals surface area contributed by atoms with Crippen molar-refractivity contribution in [1.29, 1.82) is 0 Å². The Balaban J connectivity index is 1.54. The monoisotopic (exact) mass is 733 g/mol. The standard InChI is InChI=1S/C43H59NO7S/c1-8-10-20-31(39(48)35(46)21-11-9-2)24-36(47)38-37-34(42(37,6)7)27-44(38)40(49)33(41(3,4)5)25-32(45)26-43(22-16-13-17-23-43)29-52(50,51)28-30-18-14-12-15-19-30/h1,9,12,14-15,18-19,31,33-34,37-38H,2,10-11,13,16-17,20-29H2,3-7H3/t31?,33-,34?,37+,38-/m1/s1. The van der Waals surface area contributed by atoms with Crippen LogP contribution in [0.25, 0.3) is 0 Å². The number of hydrogen-bond acceptors (Lipinski definition) is 7. The van der Waals surface area contributed by atoms with Gasteiger partial charge < -0.3 is 4.90 Å². The van der Waals surface area contributed by atoms with Gasteiger partial charge in [0.05, 0.1) is 17.5 Å². The molecule has 3 fully saturated rings. The van der Waals surface area contributed by atoms with Crippen LogP contribution < -0.4 is 0 Å². The Bertz CT molecular complexity index is 1660. The molecule has 0 spiro atoms. The summed E-state index contributed by atoms with van der Waals surface area (Å²) < 4.78 is 27.0. The molecule has 1 aromatic rings. The van der Waals surface area contributed by atoms with Gasteiger partial charge in [0, 0.05) is 50.5 Å². The summed E-state index contributed by atoms with van der Waals surface area (Å²) in [6, 6.07) is 8.34. The van der Waals surface area contributed by atoms with Crippen LogP contribution >= 0.6 is 0 Å². The quantitative estimate of drug-likeness (QED) is 0.0842. The Morgan fingerprint density at radius 1 is 1.04 bits per heavy atom. The fourth-order valence-electron chi connectivity index (χ4n) is 9.12. The van der Waals surface area contributed by atoms with E-state index in [-0.39, 0.29) is 84.8 Å². The smallest absolute Gasteiger partial charge is 0.227 e. The van der Waals surface area contributed by atoms with Gasteiger partial charge in [0.2, 0.25) is 11.7 Å². The second-order valence-electron chi connectivity index (χ2n) is 17.5. The van der Waals surface area contributed by atoms with Crippen molar-refractivity contribution in [2.45, 2.75) is 123 Å². The van der Waals surface area contributed by atoms with Crippen molar-refractivity contribution in [1.82, 2.24) is 4.90 Å². The lowest BCUT2D eigenvalue weighted by atomic mass is 9.70. The Kier molecular flexibility index (Phi) is 13.3. The molecule has 8 nitrogen and oxygen atoms in total. The van der Waals surface area contributed by atoms with Crippen LogP contribution in [0, 0.1) is 52.3 Å². The van der Waals surface area contributed by atoms with Crippen LogP contribution in [-0.2, 0) is 39.6 Å². The van der Waals surface area contributed by atoms with E-state index >= 15 is 0 Å². The highest BCUT2D eigenvalue weighted by molar-refractivity contribution is 7.90. The number of carbonyl (C=O) groups excluding carboxylic acids is 5. The predicted molar refractivity (Wildman–Crippen MR) is 204 cm³/mol. The fourth-order valence-corrected chi connectivity index (χ4v) is 11.2. The minimum Gasteiger partial charge on any atom is -0.332 e. The van der Waals surface area contributed by atoms with Gasteiger partial charge in [-0.1, -0.05) is 90.3 Å². The van der Waals surface area contributed by atoms with Gasteiger partial charge in [-0.3, -0.25) is 24.0 Å². The average molecular weight is 734 g/mol. The van der Waals surface area contributed by atoms with E-state index in [4.69, 9.17) is 6.42 Å². The second-order valence-corrected chi connectivity index (χ2v) is 19.6. The van der Waals surface area contributed by atoms with Crippen LogP contribution in [0.15, 0.2) is 43.0 Å². The molecule has 2 saturated carbocycles. The molecular weight excluding hydrogens is 675 g/mol. The molecule has 1 aliphatic heterocycles. The van der Waals surface area contributed by atoms with Crippen LogP contribution in [0.5, 0.6) is 0 Å². The molecule has 2 aliphatic carbocycles. The van der Waals surface area contributed by atoms with Gasteiger partial charge in [0.15, 0.2) is 21.4 Å². The van der Waals surface area contributed by atoms with Gasteiger partial charge in [-0.05, 0) is 59.3 Å². The maximum atomic E-state index is 14.6. The van der Waals surface area contributed by atoms with E-state index in [1.165, 1.54) is 0 Å². The highest BCUT2D eigenvalue weighted by atomic mass is 32.2. The number of terminal acetylenes is 1. The normalized spacial score (nSPS) is 23.1. The van der Waals surface area contributed by atoms with Crippen molar-refractivity contribution in [2.24, 2.45) is 39.9 Å². The summed E-state index contributed by atoms with van der Waals surface area (Å²) in [6.45, 7) is 13.9. The maximum absolute atomic E-state index is 14.6. The zero-order valence-electron chi connectivity index (χ0n) is 32.0. The Morgan fingerprint density at radius 2 is 1.69 bits per heavy atom. The van der Waals surface area contributed by atoms with Crippen molar-refractivity contribution >= 4 is 38.9 Å². The van der Waals surface area contributed by atoms with E-state index in [0.29, 0.717) is 25.8 Å². The summed E-state index contributed by atoms with van der Waals surface area (Å²) in [5, 5.41) is 0. The molecule has 0 bridgehead atoms. The first-order valence-electron chi connectivity index (χ1n) is 19.1. The third-order valence-electron chi connectivity index (χ3n) is 12.1. The minimum atomic E-state index is -3.51. The van der Waals surface area contributed by atoms with Crippen LogP contribution in [0.1, 0.15) is 117 Å². The molecule has 4 rings (SSSR count). The number of fused-ring (bicyclic) bond motifs is 1. The first-order valence-corrected chi connectivity index (χ1v) is 20.9. The average Bonchev–Trinajstić information content (AvgIpc) is 3.37. The fraction of sp³-hybridized carbons (Fsp3) is 0.651. The number of sulfone groups is 1. The van der Waals surface area contributed by atoms with Gasteiger partial charge in [-0.15, -0.1) is 18.9 Å². The largest absolute Gasteiger partial charge is 0.332 e. The lowest BCUT2D eigenvalue weighted by Gasteiger charge is -2.39. The van der Waals surface area contributed by atoms with Crippen LogP contribution in [-0.4, -0.2) is 60.7 Å². The molecule has 1 saturated heterocycles. The Labute approximate surface area is 311 Å². The van der Waals surface area contributed by atoms with Gasteiger partial charge in [0.25, 0.3) is 0 Å². The van der Waals surface area contributed by atoms with E-state index in [1.807, 2.05) is 39.0 Å². The zero-order valence-corrected chi connectivity index (χ0v) is 32.8. The molecule has 3 aliphatic rings. The van der Waals surface area contributed by atoms with Crippen LogP contribution in [0.2, 0.25) is 0 Å². The number of rotatable bonds is 19. The topological polar surface area (TPSA) is 123 Å². The molecular formula is C43H59NO7S. The number of hydrogen-bond donors (Lipinski definition) is 0. The lowest BCUT2D eigenvalue weighted by molar-refractivity contribution is -0.148. The van der Waals surface area contributed by atoms with Crippen molar-refractivity contribution in [3.05, 3.63) is 48.6 Å². The van der Waals surface area contributed by atoms with E-state index in [9.17, 15) is 32.4 Å². The third-order valence-corrected chi connectivity index (χ3v) is 14.0. The number of allylic oxidation sites excluding steroid dienone is 1. The maximum Gasteiger partial charge on any atom is 0.227 e. The summed E-state index contributed by atoms with van der Waals surface area (Å²) >= 11 is 0. The molecule has 5 atom stereocenters. The summed E-state index contributed by atoms with van der Waals surface area (Å²) in [6.07, 6.45) is 11.8. The number of ketones is 4. The summed E-state index contributed by atoms with van der Waals surface area (Å²) in [4.78, 5) is 70.4. The minimum absolute atomic E-state index is 0.0242. The van der Waals surface area contributed by atoms with Gasteiger partial charge in [-0.2, -0.15) is 0 Å². The molecule has 0 radical (unpaired) electrons. The molecule has 2 unspecified atom stereocenters. The molecule has 52 heavy (non-hydrogen) atoms. The summed E-state index contributed by atoms with van der Waals surface area (Å²) in [5.41, 5.74) is -0.735. The van der Waals surface area contributed by atoms with E-state index in [2.05, 4.69) is 26.3 Å².